The maximum Gasteiger partial charge on any atom is 0.313 e. The Morgan fingerprint density at radius 3 is 2.51 bits per heavy atom. The van der Waals surface area contributed by atoms with Gasteiger partial charge in [0.25, 0.3) is 0 Å². The number of carbonyl (C=O) groups is 2. The molecule has 224 valence electrons. The number of halogens is 1. The second kappa shape index (κ2) is 14.0. The normalized spacial score (nSPS) is 14.1. The molecule has 3 aromatic carbocycles. The van der Waals surface area contributed by atoms with Gasteiger partial charge in [0.1, 0.15) is 5.75 Å². The van der Waals surface area contributed by atoms with Crippen LogP contribution in [0.25, 0.3) is 10.9 Å². The Morgan fingerprint density at radius 2 is 1.77 bits per heavy atom. The van der Waals surface area contributed by atoms with Crippen molar-refractivity contribution in [1.29, 1.82) is 0 Å². The van der Waals surface area contributed by atoms with Crippen molar-refractivity contribution in [3.63, 3.8) is 0 Å². The largest absolute Gasteiger partial charge is 0.493 e. The summed E-state index contributed by atoms with van der Waals surface area (Å²) in [4.78, 5) is 29.0. The molecular formula is C33H35FN4O5. The molecule has 0 radical (unpaired) electrons. The van der Waals surface area contributed by atoms with Gasteiger partial charge < -0.3 is 30.2 Å². The number of anilines is 1. The number of ether oxygens (including phenoxy) is 3. The summed E-state index contributed by atoms with van der Waals surface area (Å²) < 4.78 is 32.9. The Labute approximate surface area is 249 Å². The molecule has 1 fully saturated rings. The van der Waals surface area contributed by atoms with E-state index in [0.29, 0.717) is 47.0 Å². The summed E-state index contributed by atoms with van der Waals surface area (Å²) in [6.07, 6.45) is 4.25. The van der Waals surface area contributed by atoms with Gasteiger partial charge in [-0.15, -0.1) is 0 Å². The summed E-state index contributed by atoms with van der Waals surface area (Å²) in [5.41, 5.74) is 1.77. The number of amides is 2. The van der Waals surface area contributed by atoms with E-state index in [4.69, 9.17) is 14.2 Å². The number of rotatable bonds is 10. The molecule has 1 aromatic heterocycles. The molecule has 2 amide bonds. The first-order chi connectivity index (χ1) is 20.9. The Hall–Kier alpha value is -4.70. The second-order valence-corrected chi connectivity index (χ2v) is 10.4. The molecule has 3 N–H and O–H groups in total. The predicted molar refractivity (Wildman–Crippen MR) is 162 cm³/mol. The van der Waals surface area contributed by atoms with E-state index in [9.17, 15) is 9.59 Å². The van der Waals surface area contributed by atoms with Crippen LogP contribution in [0.1, 0.15) is 25.3 Å². The third-order valence-corrected chi connectivity index (χ3v) is 7.51. The number of piperidine rings is 1. The van der Waals surface area contributed by atoms with Gasteiger partial charge in [0, 0.05) is 35.9 Å². The van der Waals surface area contributed by atoms with Crippen molar-refractivity contribution in [3.05, 3.63) is 84.3 Å². The fourth-order valence-corrected chi connectivity index (χ4v) is 5.09. The molecule has 10 heteroatoms. The third kappa shape index (κ3) is 7.58. The van der Waals surface area contributed by atoms with Crippen molar-refractivity contribution in [2.75, 3.05) is 32.1 Å². The Bertz CT molecular complexity index is 1580. The number of methoxy groups -OCH3 is 1. The van der Waals surface area contributed by atoms with Gasteiger partial charge in [0.15, 0.2) is 23.1 Å². The van der Waals surface area contributed by atoms with Crippen LogP contribution in [0.3, 0.4) is 0 Å². The second-order valence-electron chi connectivity index (χ2n) is 10.4. The fourth-order valence-electron chi connectivity index (χ4n) is 5.09. The lowest BCUT2D eigenvalue weighted by Crippen LogP contribution is -2.36. The van der Waals surface area contributed by atoms with E-state index in [1.54, 1.807) is 31.5 Å². The number of nitrogens with zero attached hydrogens (tertiary/aromatic N) is 1. The summed E-state index contributed by atoms with van der Waals surface area (Å²) in [7, 11) is 1.57. The molecule has 0 aliphatic carbocycles. The predicted octanol–water partition coefficient (Wildman–Crippen LogP) is 5.24. The highest BCUT2D eigenvalue weighted by Gasteiger charge is 2.23. The van der Waals surface area contributed by atoms with Crippen LogP contribution in [0.15, 0.2) is 72.9 Å². The SMILES string of the molecule is COc1cc2c(Oc3ccc(NC(=O)C(=O)NCCc4ccccc4)cc3F)ccnc2cc1OC(C)C1CCNCC1. The lowest BCUT2D eigenvalue weighted by molar-refractivity contribution is -0.136. The number of carbonyl (C=O) groups excluding carboxylic acids is 2. The molecule has 4 aromatic rings. The topological polar surface area (TPSA) is 111 Å². The van der Waals surface area contributed by atoms with Gasteiger partial charge in [0.05, 0.1) is 18.7 Å². The number of benzene rings is 3. The number of hydrogen-bond donors (Lipinski definition) is 3. The molecule has 1 aliphatic heterocycles. The van der Waals surface area contributed by atoms with E-state index in [0.717, 1.165) is 37.6 Å². The monoisotopic (exact) mass is 586 g/mol. The van der Waals surface area contributed by atoms with E-state index in [1.807, 2.05) is 30.3 Å². The first kappa shape index (κ1) is 29.8. The van der Waals surface area contributed by atoms with Crippen LogP contribution in [-0.2, 0) is 16.0 Å². The summed E-state index contributed by atoms with van der Waals surface area (Å²) in [6, 6.07) is 18.8. The molecule has 0 bridgehead atoms. The van der Waals surface area contributed by atoms with Crippen molar-refractivity contribution < 1.29 is 28.2 Å². The number of aromatic nitrogens is 1. The molecule has 1 atom stereocenters. The summed E-state index contributed by atoms with van der Waals surface area (Å²) >= 11 is 0. The lowest BCUT2D eigenvalue weighted by Gasteiger charge is -2.29. The van der Waals surface area contributed by atoms with Gasteiger partial charge in [-0.1, -0.05) is 30.3 Å². The molecular weight excluding hydrogens is 551 g/mol. The molecule has 5 rings (SSSR count). The first-order valence-electron chi connectivity index (χ1n) is 14.4. The van der Waals surface area contributed by atoms with Crippen LogP contribution in [0.2, 0.25) is 0 Å². The molecule has 2 heterocycles. The fraction of sp³-hybridized carbons (Fsp3) is 0.303. The zero-order chi connectivity index (χ0) is 30.2. The van der Waals surface area contributed by atoms with Crippen LogP contribution in [0.4, 0.5) is 10.1 Å². The summed E-state index contributed by atoms with van der Waals surface area (Å²) in [6.45, 7) is 4.32. The van der Waals surface area contributed by atoms with Crippen molar-refractivity contribution in [2.45, 2.75) is 32.3 Å². The highest BCUT2D eigenvalue weighted by atomic mass is 19.1. The van der Waals surface area contributed by atoms with Crippen molar-refractivity contribution >= 4 is 28.4 Å². The Balaban J connectivity index is 1.24. The smallest absolute Gasteiger partial charge is 0.313 e. The average molecular weight is 587 g/mol. The Kier molecular flexibility index (Phi) is 9.68. The number of hydrogen-bond acceptors (Lipinski definition) is 7. The number of fused-ring (bicyclic) bond motifs is 1. The molecule has 1 unspecified atom stereocenters. The third-order valence-electron chi connectivity index (χ3n) is 7.51. The molecule has 9 nitrogen and oxygen atoms in total. The van der Waals surface area contributed by atoms with E-state index in [2.05, 4.69) is 27.9 Å². The summed E-state index contributed by atoms with van der Waals surface area (Å²) in [5.74, 6) is -0.550. The molecule has 43 heavy (non-hydrogen) atoms. The van der Waals surface area contributed by atoms with Crippen LogP contribution in [0.5, 0.6) is 23.0 Å². The zero-order valence-electron chi connectivity index (χ0n) is 24.2. The first-order valence-corrected chi connectivity index (χ1v) is 14.4. The maximum atomic E-state index is 15.1. The highest BCUT2D eigenvalue weighted by molar-refractivity contribution is 6.39. The van der Waals surface area contributed by atoms with E-state index in [1.165, 1.54) is 12.1 Å². The van der Waals surface area contributed by atoms with Crippen molar-refractivity contribution in [3.8, 4) is 23.0 Å². The van der Waals surface area contributed by atoms with Gasteiger partial charge in [-0.05, 0) is 75.0 Å². The summed E-state index contributed by atoms with van der Waals surface area (Å²) in [5, 5.41) is 8.98. The minimum absolute atomic E-state index is 0.00125. The van der Waals surface area contributed by atoms with Crippen molar-refractivity contribution in [1.82, 2.24) is 15.6 Å². The Morgan fingerprint density at radius 1 is 0.977 bits per heavy atom. The molecule has 1 aliphatic rings. The van der Waals surface area contributed by atoms with Crippen molar-refractivity contribution in [2.24, 2.45) is 5.92 Å². The minimum atomic E-state index is -0.888. The van der Waals surface area contributed by atoms with Crippen LogP contribution < -0.4 is 30.2 Å². The maximum absolute atomic E-state index is 15.1. The average Bonchev–Trinajstić information content (AvgIpc) is 3.03. The van der Waals surface area contributed by atoms with E-state index in [-0.39, 0.29) is 17.5 Å². The van der Waals surface area contributed by atoms with E-state index < -0.39 is 17.6 Å². The van der Waals surface area contributed by atoms with Crippen LogP contribution in [-0.4, -0.2) is 49.6 Å². The van der Waals surface area contributed by atoms with E-state index >= 15 is 4.39 Å². The molecule has 0 saturated carbocycles. The molecule has 1 saturated heterocycles. The minimum Gasteiger partial charge on any atom is -0.493 e. The van der Waals surface area contributed by atoms with Gasteiger partial charge in [0.2, 0.25) is 0 Å². The quantitative estimate of drug-likeness (QED) is 0.218. The number of nitrogens with one attached hydrogen (secondary N) is 3. The van der Waals surface area contributed by atoms with Crippen LogP contribution in [0, 0.1) is 11.7 Å². The van der Waals surface area contributed by atoms with Gasteiger partial charge in [-0.25, -0.2) is 4.39 Å². The number of pyridine rings is 1. The molecule has 0 spiro atoms. The highest BCUT2D eigenvalue weighted by Crippen LogP contribution is 2.39. The lowest BCUT2D eigenvalue weighted by atomic mass is 9.93. The van der Waals surface area contributed by atoms with Gasteiger partial charge in [-0.2, -0.15) is 0 Å². The van der Waals surface area contributed by atoms with Crippen LogP contribution >= 0.6 is 0 Å². The standard InChI is InChI=1S/C33H35FN4O5/c1-21(23-11-14-35-15-12-23)42-31-20-27-25(19-30(31)41-2)28(13-17-36-27)43-29-9-8-24(18-26(29)34)38-33(40)32(39)37-16-10-22-6-4-3-5-7-22/h3-9,13,17-21,23,35H,10-12,14-16H2,1-2H3,(H,37,39)(H,38,40). The van der Waals surface area contributed by atoms with Gasteiger partial charge in [-0.3, -0.25) is 14.6 Å². The van der Waals surface area contributed by atoms with Gasteiger partial charge >= 0.3 is 11.8 Å². The zero-order valence-corrected chi connectivity index (χ0v) is 24.2.